The van der Waals surface area contributed by atoms with Gasteiger partial charge in [0.15, 0.2) is 0 Å². The second-order valence-electron chi connectivity index (χ2n) is 6.46. The number of H-pyrrole nitrogens is 2. The molecule has 1 atom stereocenters. The van der Waals surface area contributed by atoms with E-state index in [9.17, 15) is 9.59 Å². The monoisotopic (exact) mass is 336 g/mol. The van der Waals surface area contributed by atoms with Crippen LogP contribution in [0.5, 0.6) is 0 Å². The van der Waals surface area contributed by atoms with E-state index in [1.807, 2.05) is 54.3 Å². The van der Waals surface area contributed by atoms with Crippen LogP contribution in [0.15, 0.2) is 47.3 Å². The molecule has 1 unspecified atom stereocenters. The Bertz CT molecular complexity index is 988. The van der Waals surface area contributed by atoms with Gasteiger partial charge in [-0.1, -0.05) is 18.2 Å². The van der Waals surface area contributed by atoms with Crippen molar-refractivity contribution in [2.24, 2.45) is 0 Å². The summed E-state index contributed by atoms with van der Waals surface area (Å²) in [6.45, 7) is 2.77. The van der Waals surface area contributed by atoms with Crippen LogP contribution in [0.2, 0.25) is 0 Å². The van der Waals surface area contributed by atoms with Crippen molar-refractivity contribution in [1.82, 2.24) is 9.97 Å². The summed E-state index contributed by atoms with van der Waals surface area (Å²) in [6, 6.07) is 13.3. The third kappa shape index (κ3) is 2.91. The molecular weight excluding hydrogens is 316 g/mol. The van der Waals surface area contributed by atoms with E-state index >= 15 is 0 Å². The van der Waals surface area contributed by atoms with E-state index in [-0.39, 0.29) is 17.6 Å². The number of fused-ring (bicyclic) bond motifs is 1. The molecule has 4 rings (SSSR count). The van der Waals surface area contributed by atoms with Crippen LogP contribution in [-0.4, -0.2) is 28.5 Å². The lowest BCUT2D eigenvalue weighted by atomic mass is 10.0. The molecule has 128 valence electrons. The van der Waals surface area contributed by atoms with Gasteiger partial charge >= 0.3 is 5.69 Å². The van der Waals surface area contributed by atoms with E-state index in [1.165, 1.54) is 0 Å². The van der Waals surface area contributed by atoms with Crippen LogP contribution in [0.25, 0.3) is 11.0 Å². The number of piperidine rings is 1. The maximum Gasteiger partial charge on any atom is 0.323 e. The molecule has 1 aromatic heterocycles. The van der Waals surface area contributed by atoms with Gasteiger partial charge in [0.25, 0.3) is 0 Å². The summed E-state index contributed by atoms with van der Waals surface area (Å²) >= 11 is 0. The summed E-state index contributed by atoms with van der Waals surface area (Å²) in [5.41, 5.74) is 4.16. The van der Waals surface area contributed by atoms with E-state index < -0.39 is 0 Å². The van der Waals surface area contributed by atoms with E-state index in [1.54, 1.807) is 0 Å². The van der Waals surface area contributed by atoms with Crippen molar-refractivity contribution in [1.29, 1.82) is 0 Å². The van der Waals surface area contributed by atoms with Gasteiger partial charge in [0.05, 0.1) is 11.0 Å². The molecule has 6 nitrogen and oxygen atoms in total. The second-order valence-corrected chi connectivity index (χ2v) is 6.46. The Labute approximate surface area is 144 Å². The van der Waals surface area contributed by atoms with Gasteiger partial charge in [-0.25, -0.2) is 4.79 Å². The molecule has 6 heteroatoms. The maximum absolute atomic E-state index is 12.9. The van der Waals surface area contributed by atoms with Gasteiger partial charge in [0.1, 0.15) is 6.04 Å². The molecule has 0 saturated carbocycles. The summed E-state index contributed by atoms with van der Waals surface area (Å²) in [5.74, 6) is 0.0863. The number of aromatic nitrogens is 2. The largest absolute Gasteiger partial charge is 0.374 e. The first-order valence-electron chi connectivity index (χ1n) is 8.47. The fourth-order valence-corrected chi connectivity index (χ4v) is 3.44. The number of anilines is 2. The first-order chi connectivity index (χ1) is 12.1. The highest BCUT2D eigenvalue weighted by Crippen LogP contribution is 2.26. The summed E-state index contributed by atoms with van der Waals surface area (Å²) in [7, 11) is 0. The normalized spacial score (nSPS) is 17.9. The van der Waals surface area contributed by atoms with Gasteiger partial charge in [0.2, 0.25) is 5.91 Å². The van der Waals surface area contributed by atoms with Gasteiger partial charge in [-0.3, -0.25) is 4.79 Å². The molecule has 2 heterocycles. The molecule has 0 aliphatic carbocycles. The van der Waals surface area contributed by atoms with Crippen molar-refractivity contribution in [3.63, 3.8) is 0 Å². The molecule has 1 saturated heterocycles. The Hall–Kier alpha value is -3.02. The molecule has 2 aromatic carbocycles. The number of imidazole rings is 1. The van der Waals surface area contributed by atoms with Crippen molar-refractivity contribution in [3.05, 3.63) is 58.5 Å². The topological polar surface area (TPSA) is 81.0 Å². The number of carbonyl (C=O) groups is 1. The fourth-order valence-electron chi connectivity index (χ4n) is 3.44. The molecule has 25 heavy (non-hydrogen) atoms. The smallest absolute Gasteiger partial charge is 0.323 e. The molecule has 1 aliphatic rings. The van der Waals surface area contributed by atoms with Crippen molar-refractivity contribution < 1.29 is 4.79 Å². The van der Waals surface area contributed by atoms with E-state index in [0.29, 0.717) is 0 Å². The second kappa shape index (κ2) is 6.12. The average Bonchev–Trinajstić information content (AvgIpc) is 2.97. The number of aryl methyl sites for hydroxylation is 1. The molecule has 0 bridgehead atoms. The van der Waals surface area contributed by atoms with Gasteiger partial charge in [-0.2, -0.15) is 0 Å². The molecule has 1 amide bonds. The number of aromatic amines is 2. The number of nitrogens with zero attached hydrogens (tertiary/aromatic N) is 1. The summed E-state index contributed by atoms with van der Waals surface area (Å²) < 4.78 is 0. The first kappa shape index (κ1) is 15.5. The Morgan fingerprint density at radius 2 is 1.88 bits per heavy atom. The fraction of sp³-hybridized carbons (Fsp3) is 0.263. The predicted molar refractivity (Wildman–Crippen MR) is 99.1 cm³/mol. The van der Waals surface area contributed by atoms with Crippen molar-refractivity contribution in [2.75, 3.05) is 16.8 Å². The number of para-hydroxylation sites is 1. The Kier molecular flexibility index (Phi) is 3.80. The summed E-state index contributed by atoms with van der Waals surface area (Å²) in [6.07, 6.45) is 1.74. The summed E-state index contributed by atoms with van der Waals surface area (Å²) in [4.78, 5) is 31.7. The highest BCUT2D eigenvalue weighted by molar-refractivity contribution is 6.00. The third-order valence-electron chi connectivity index (χ3n) is 4.70. The Morgan fingerprint density at radius 1 is 1.08 bits per heavy atom. The molecule has 1 fully saturated rings. The Morgan fingerprint density at radius 3 is 2.72 bits per heavy atom. The van der Waals surface area contributed by atoms with Gasteiger partial charge in [-0.05, 0) is 49.6 Å². The van der Waals surface area contributed by atoms with E-state index in [2.05, 4.69) is 15.3 Å². The number of benzene rings is 2. The number of carbonyl (C=O) groups excluding carboxylic acids is 1. The minimum atomic E-state index is -0.267. The minimum Gasteiger partial charge on any atom is -0.374 e. The van der Waals surface area contributed by atoms with E-state index in [0.717, 1.165) is 47.4 Å². The highest BCUT2D eigenvalue weighted by atomic mass is 16.2. The number of rotatable bonds is 3. The van der Waals surface area contributed by atoms with Crippen molar-refractivity contribution >= 4 is 28.3 Å². The van der Waals surface area contributed by atoms with Crippen LogP contribution in [0, 0.1) is 6.92 Å². The lowest BCUT2D eigenvalue weighted by Crippen LogP contribution is -2.48. The first-order valence-corrected chi connectivity index (χ1v) is 8.47. The lowest BCUT2D eigenvalue weighted by Gasteiger charge is -2.34. The average molecular weight is 336 g/mol. The van der Waals surface area contributed by atoms with Crippen LogP contribution in [0.4, 0.5) is 11.4 Å². The minimum absolute atomic E-state index is 0.0863. The zero-order valence-corrected chi connectivity index (χ0v) is 14.0. The number of nitrogens with one attached hydrogen (secondary N) is 3. The van der Waals surface area contributed by atoms with Crippen LogP contribution >= 0.6 is 0 Å². The zero-order chi connectivity index (χ0) is 17.4. The number of amides is 1. The SMILES string of the molecule is Cc1ccccc1N1CCCC(Nc2ccc3[nH]c(=O)[nH]c3c2)C1=O. The van der Waals surface area contributed by atoms with Crippen molar-refractivity contribution in [2.45, 2.75) is 25.8 Å². The van der Waals surface area contributed by atoms with Crippen LogP contribution in [-0.2, 0) is 4.79 Å². The van der Waals surface area contributed by atoms with E-state index in [4.69, 9.17) is 0 Å². The summed E-state index contributed by atoms with van der Waals surface area (Å²) in [5, 5.41) is 3.32. The highest BCUT2D eigenvalue weighted by Gasteiger charge is 2.30. The molecule has 3 aromatic rings. The zero-order valence-electron chi connectivity index (χ0n) is 14.0. The van der Waals surface area contributed by atoms with Crippen molar-refractivity contribution in [3.8, 4) is 0 Å². The Balaban J connectivity index is 1.58. The van der Waals surface area contributed by atoms with Gasteiger partial charge in [0, 0.05) is 17.9 Å². The number of hydrogen-bond acceptors (Lipinski definition) is 3. The predicted octanol–water partition coefficient (Wildman–Crippen LogP) is 2.77. The molecule has 3 N–H and O–H groups in total. The molecule has 1 aliphatic heterocycles. The lowest BCUT2D eigenvalue weighted by molar-refractivity contribution is -0.120. The van der Waals surface area contributed by atoms with Crippen LogP contribution < -0.4 is 15.9 Å². The number of hydrogen-bond donors (Lipinski definition) is 3. The molecular formula is C19H20N4O2. The molecule has 0 radical (unpaired) electrons. The van der Waals surface area contributed by atoms with Gasteiger partial charge in [-0.15, -0.1) is 0 Å². The maximum atomic E-state index is 12.9. The third-order valence-corrected chi connectivity index (χ3v) is 4.70. The van der Waals surface area contributed by atoms with Gasteiger partial charge < -0.3 is 20.2 Å². The standard InChI is InChI=1S/C19H20N4O2/c1-12-5-2-3-7-17(12)23-10-4-6-15(18(23)24)20-13-8-9-14-16(11-13)22-19(25)21-14/h2-3,5,7-9,11,15,20H,4,6,10H2,1H3,(H2,21,22,25). The van der Waals surface area contributed by atoms with Crippen LogP contribution in [0.3, 0.4) is 0 Å². The molecule has 0 spiro atoms. The quantitative estimate of drug-likeness (QED) is 0.688. The van der Waals surface area contributed by atoms with Crippen LogP contribution in [0.1, 0.15) is 18.4 Å².